The molecular weight excluding hydrogens is 244 g/mol. The van der Waals surface area contributed by atoms with E-state index in [-0.39, 0.29) is 0 Å². The molecule has 0 saturated heterocycles. The molecule has 2 rings (SSSR count). The van der Waals surface area contributed by atoms with Gasteiger partial charge in [0.05, 0.1) is 5.56 Å². The molecule has 1 fully saturated rings. The molecule has 0 aromatic heterocycles. The van der Waals surface area contributed by atoms with Crippen molar-refractivity contribution in [1.29, 1.82) is 0 Å². The van der Waals surface area contributed by atoms with Crippen molar-refractivity contribution in [2.45, 2.75) is 38.1 Å². The van der Waals surface area contributed by atoms with E-state index in [2.05, 4.69) is 5.32 Å². The van der Waals surface area contributed by atoms with Crippen LogP contribution in [0.25, 0.3) is 0 Å². The molecule has 102 valence electrons. The number of nitrogen functional groups attached to an aromatic ring is 1. The van der Waals surface area contributed by atoms with E-state index in [0.29, 0.717) is 24.1 Å². The van der Waals surface area contributed by atoms with Crippen molar-refractivity contribution < 1.29 is 14.7 Å². The Morgan fingerprint density at radius 2 is 1.95 bits per heavy atom. The first kappa shape index (κ1) is 13.4. The predicted molar refractivity (Wildman–Crippen MR) is 71.9 cm³/mol. The number of rotatable bonds is 3. The highest BCUT2D eigenvalue weighted by Crippen LogP contribution is 2.30. The third-order valence-electron chi connectivity index (χ3n) is 3.67. The molecule has 0 radical (unpaired) electrons. The lowest BCUT2D eigenvalue weighted by Gasteiger charge is -2.25. The maximum atomic E-state index is 12.2. The molecule has 1 amide bonds. The molecule has 5 nitrogen and oxygen atoms in total. The van der Waals surface area contributed by atoms with Gasteiger partial charge in [-0.3, -0.25) is 4.79 Å². The number of amides is 1. The molecule has 0 aliphatic heterocycles. The minimum absolute atomic E-state index is 0.340. The molecule has 0 heterocycles. The summed E-state index contributed by atoms with van der Waals surface area (Å²) in [4.78, 5) is 23.6. The fourth-order valence-corrected chi connectivity index (χ4v) is 2.52. The second-order valence-electron chi connectivity index (χ2n) is 5.14. The summed E-state index contributed by atoms with van der Waals surface area (Å²) in [6, 6.07) is 5.15. The first-order valence-corrected chi connectivity index (χ1v) is 6.37. The highest BCUT2D eigenvalue weighted by Gasteiger charge is 2.42. The Hall–Kier alpha value is -2.04. The molecule has 0 bridgehead atoms. The topological polar surface area (TPSA) is 92.4 Å². The van der Waals surface area contributed by atoms with E-state index in [1.165, 1.54) is 0 Å². The van der Waals surface area contributed by atoms with Crippen LogP contribution in [0.3, 0.4) is 0 Å². The minimum Gasteiger partial charge on any atom is -0.480 e. The number of aryl methyl sites for hydroxylation is 1. The first-order valence-electron chi connectivity index (χ1n) is 6.37. The number of nitrogens with one attached hydrogen (secondary N) is 1. The lowest BCUT2D eigenvalue weighted by molar-refractivity contribution is -0.144. The molecular formula is C14H18N2O3. The van der Waals surface area contributed by atoms with Crippen molar-refractivity contribution in [2.24, 2.45) is 0 Å². The Morgan fingerprint density at radius 3 is 2.53 bits per heavy atom. The highest BCUT2D eigenvalue weighted by molar-refractivity contribution is 6.02. The van der Waals surface area contributed by atoms with Crippen molar-refractivity contribution in [2.75, 3.05) is 5.73 Å². The first-order chi connectivity index (χ1) is 8.94. The van der Waals surface area contributed by atoms with Gasteiger partial charge in [-0.05, 0) is 31.9 Å². The van der Waals surface area contributed by atoms with Crippen LogP contribution in [0.2, 0.25) is 0 Å². The number of benzene rings is 1. The predicted octanol–water partition coefficient (Wildman–Crippen LogP) is 1.70. The molecule has 1 saturated carbocycles. The van der Waals surface area contributed by atoms with E-state index in [1.54, 1.807) is 12.1 Å². The smallest absolute Gasteiger partial charge is 0.329 e. The van der Waals surface area contributed by atoms with Crippen molar-refractivity contribution >= 4 is 17.6 Å². The van der Waals surface area contributed by atoms with Gasteiger partial charge in [-0.15, -0.1) is 0 Å². The Bertz CT molecular complexity index is 519. The summed E-state index contributed by atoms with van der Waals surface area (Å²) in [5, 5.41) is 12.0. The van der Waals surface area contributed by atoms with E-state index in [0.717, 1.165) is 18.4 Å². The number of carbonyl (C=O) groups excluding carboxylic acids is 1. The van der Waals surface area contributed by atoms with Crippen LogP contribution in [0.15, 0.2) is 18.2 Å². The van der Waals surface area contributed by atoms with Gasteiger partial charge in [0.2, 0.25) is 0 Å². The number of hydrogen-bond donors (Lipinski definition) is 3. The molecule has 0 spiro atoms. The van der Waals surface area contributed by atoms with Crippen LogP contribution in [0.1, 0.15) is 41.6 Å². The number of anilines is 1. The molecule has 19 heavy (non-hydrogen) atoms. The molecule has 0 atom stereocenters. The van der Waals surface area contributed by atoms with E-state index >= 15 is 0 Å². The number of carbonyl (C=O) groups is 2. The van der Waals surface area contributed by atoms with Crippen molar-refractivity contribution in [3.63, 3.8) is 0 Å². The largest absolute Gasteiger partial charge is 0.480 e. The fourth-order valence-electron chi connectivity index (χ4n) is 2.52. The van der Waals surface area contributed by atoms with E-state index in [4.69, 9.17) is 5.73 Å². The van der Waals surface area contributed by atoms with Gasteiger partial charge in [0.1, 0.15) is 5.54 Å². The van der Waals surface area contributed by atoms with Gasteiger partial charge in [0, 0.05) is 5.69 Å². The Kier molecular flexibility index (Phi) is 3.46. The standard InChI is InChI=1S/C14H18N2O3/c1-9-4-5-11(15)10(8-9)12(17)16-14(13(18)19)6-2-3-7-14/h4-5,8H,2-3,6-7,15H2,1H3,(H,16,17)(H,18,19). The summed E-state index contributed by atoms with van der Waals surface area (Å²) >= 11 is 0. The van der Waals surface area contributed by atoms with Gasteiger partial charge in [-0.1, -0.05) is 24.5 Å². The summed E-state index contributed by atoms with van der Waals surface area (Å²) in [6.07, 6.45) is 2.57. The maximum Gasteiger partial charge on any atom is 0.329 e. The average Bonchev–Trinajstić information content (AvgIpc) is 2.82. The summed E-state index contributed by atoms with van der Waals surface area (Å²) in [5.74, 6) is -1.38. The number of nitrogens with two attached hydrogens (primary N) is 1. The van der Waals surface area contributed by atoms with Crippen LogP contribution in [0, 0.1) is 6.92 Å². The third-order valence-corrected chi connectivity index (χ3v) is 3.67. The molecule has 0 unspecified atom stereocenters. The van der Waals surface area contributed by atoms with Gasteiger partial charge in [0.25, 0.3) is 5.91 Å². The highest BCUT2D eigenvalue weighted by atomic mass is 16.4. The molecule has 5 heteroatoms. The quantitative estimate of drug-likeness (QED) is 0.723. The van der Waals surface area contributed by atoms with E-state index < -0.39 is 17.4 Å². The second kappa shape index (κ2) is 4.91. The van der Waals surface area contributed by atoms with Crippen LogP contribution >= 0.6 is 0 Å². The van der Waals surface area contributed by atoms with Gasteiger partial charge in [0.15, 0.2) is 0 Å². The van der Waals surface area contributed by atoms with Crippen LogP contribution in [-0.4, -0.2) is 22.5 Å². The zero-order chi connectivity index (χ0) is 14.0. The number of hydrogen-bond acceptors (Lipinski definition) is 3. The number of aliphatic carboxylic acids is 1. The fraction of sp³-hybridized carbons (Fsp3) is 0.429. The number of carboxylic acid groups (broad SMARTS) is 1. The van der Waals surface area contributed by atoms with Crippen LogP contribution in [-0.2, 0) is 4.79 Å². The van der Waals surface area contributed by atoms with Crippen LogP contribution in [0.5, 0.6) is 0 Å². The van der Waals surface area contributed by atoms with Crippen LogP contribution in [0.4, 0.5) is 5.69 Å². The zero-order valence-electron chi connectivity index (χ0n) is 10.9. The Labute approximate surface area is 111 Å². The third kappa shape index (κ3) is 2.54. The molecule has 1 aliphatic rings. The van der Waals surface area contributed by atoms with Gasteiger partial charge >= 0.3 is 5.97 Å². The van der Waals surface area contributed by atoms with E-state index in [1.807, 2.05) is 13.0 Å². The maximum absolute atomic E-state index is 12.2. The van der Waals surface area contributed by atoms with Gasteiger partial charge in [-0.2, -0.15) is 0 Å². The van der Waals surface area contributed by atoms with Crippen LogP contribution < -0.4 is 11.1 Å². The summed E-state index contributed by atoms with van der Waals surface area (Å²) in [7, 11) is 0. The summed E-state index contributed by atoms with van der Waals surface area (Å²) in [6.45, 7) is 1.86. The van der Waals surface area contributed by atoms with Crippen molar-refractivity contribution in [3.05, 3.63) is 29.3 Å². The Morgan fingerprint density at radius 1 is 1.32 bits per heavy atom. The second-order valence-corrected chi connectivity index (χ2v) is 5.14. The summed E-state index contributed by atoms with van der Waals surface area (Å²) in [5.41, 5.74) is 6.26. The van der Waals surface area contributed by atoms with Crippen molar-refractivity contribution in [1.82, 2.24) is 5.32 Å². The van der Waals surface area contributed by atoms with E-state index in [9.17, 15) is 14.7 Å². The average molecular weight is 262 g/mol. The van der Waals surface area contributed by atoms with Gasteiger partial charge < -0.3 is 16.2 Å². The van der Waals surface area contributed by atoms with Crippen molar-refractivity contribution in [3.8, 4) is 0 Å². The lowest BCUT2D eigenvalue weighted by atomic mass is 9.96. The SMILES string of the molecule is Cc1ccc(N)c(C(=O)NC2(C(=O)O)CCCC2)c1. The molecule has 1 aliphatic carbocycles. The minimum atomic E-state index is -1.13. The Balaban J connectivity index is 2.25. The molecule has 4 N–H and O–H groups in total. The monoisotopic (exact) mass is 262 g/mol. The number of carboxylic acids is 1. The zero-order valence-corrected chi connectivity index (χ0v) is 10.9. The lowest BCUT2D eigenvalue weighted by Crippen LogP contribution is -2.52. The molecule has 1 aromatic rings. The van der Waals surface area contributed by atoms with Gasteiger partial charge in [-0.25, -0.2) is 4.79 Å². The normalized spacial score (nSPS) is 17.1. The molecule has 1 aromatic carbocycles. The summed E-state index contributed by atoms with van der Waals surface area (Å²) < 4.78 is 0.